The third kappa shape index (κ3) is 2.57. The molecule has 1 aliphatic rings. The van der Waals surface area contributed by atoms with E-state index < -0.39 is 12.2 Å². The monoisotopic (exact) mass is 189 g/mol. The average molecular weight is 189 g/mol. The van der Waals surface area contributed by atoms with Crippen LogP contribution in [0.5, 0.6) is 0 Å². The number of hydrogen-bond acceptors (Lipinski definition) is 3. The molecule has 0 radical (unpaired) electrons. The van der Waals surface area contributed by atoms with Crippen molar-refractivity contribution in [2.45, 2.75) is 25.6 Å². The number of hydrogen-bond donors (Lipinski definition) is 2. The molecule has 1 unspecified atom stereocenters. The van der Waals surface area contributed by atoms with Gasteiger partial charge in [0.2, 0.25) is 0 Å². The van der Waals surface area contributed by atoms with Crippen LogP contribution in [0.15, 0.2) is 0 Å². The minimum Gasteiger partial charge on any atom is -0.465 e. The lowest BCUT2D eigenvalue weighted by molar-refractivity contribution is -0.0826. The molecule has 5 heteroatoms. The van der Waals surface area contributed by atoms with Crippen LogP contribution in [-0.2, 0) is 4.74 Å². The number of morpholine rings is 1. The molecule has 1 fully saturated rings. The molecular formula is C8H15NO4. The van der Waals surface area contributed by atoms with E-state index in [2.05, 4.69) is 0 Å². The zero-order valence-corrected chi connectivity index (χ0v) is 7.64. The highest BCUT2D eigenvalue weighted by Crippen LogP contribution is 2.11. The summed E-state index contributed by atoms with van der Waals surface area (Å²) in [5, 5.41) is 18.1. The summed E-state index contributed by atoms with van der Waals surface area (Å²) in [4.78, 5) is 11.9. The summed E-state index contributed by atoms with van der Waals surface area (Å²) < 4.78 is 5.26. The van der Waals surface area contributed by atoms with Crippen molar-refractivity contribution in [3.8, 4) is 0 Å². The maximum absolute atomic E-state index is 10.6. The lowest BCUT2D eigenvalue weighted by Gasteiger charge is -2.33. The van der Waals surface area contributed by atoms with Crippen molar-refractivity contribution in [3.63, 3.8) is 0 Å². The predicted octanol–water partition coefficient (Wildman–Crippen LogP) is 0.136. The van der Waals surface area contributed by atoms with Gasteiger partial charge in [0.15, 0.2) is 0 Å². The van der Waals surface area contributed by atoms with Gasteiger partial charge in [-0.3, -0.25) is 0 Å². The van der Waals surface area contributed by atoms with Gasteiger partial charge in [-0.15, -0.1) is 0 Å². The first-order chi connectivity index (χ1) is 6.15. The second-order valence-corrected chi connectivity index (χ2v) is 3.11. The molecule has 0 aromatic heterocycles. The fraction of sp³-hybridized carbons (Fsp3) is 0.875. The van der Waals surface area contributed by atoms with Crippen molar-refractivity contribution in [1.29, 1.82) is 0 Å². The Labute approximate surface area is 76.9 Å². The van der Waals surface area contributed by atoms with E-state index >= 15 is 0 Å². The molecule has 0 saturated carbocycles. The first kappa shape index (κ1) is 10.3. The van der Waals surface area contributed by atoms with Crippen LogP contribution in [0.2, 0.25) is 0 Å². The van der Waals surface area contributed by atoms with Gasteiger partial charge in [0, 0.05) is 6.54 Å². The Bertz CT molecular complexity index is 185. The Morgan fingerprint density at radius 3 is 3.00 bits per heavy atom. The van der Waals surface area contributed by atoms with E-state index in [1.807, 2.05) is 6.92 Å². The molecule has 2 N–H and O–H groups in total. The van der Waals surface area contributed by atoms with Gasteiger partial charge in [0.25, 0.3) is 0 Å². The molecule has 0 bridgehead atoms. The molecule has 1 heterocycles. The largest absolute Gasteiger partial charge is 0.465 e. The summed E-state index contributed by atoms with van der Waals surface area (Å²) in [5.41, 5.74) is 0. The number of aliphatic hydroxyl groups excluding tert-OH is 1. The number of aliphatic hydroxyl groups is 1. The van der Waals surface area contributed by atoms with E-state index in [4.69, 9.17) is 9.84 Å². The summed E-state index contributed by atoms with van der Waals surface area (Å²) in [6.07, 6.45) is -1.30. The summed E-state index contributed by atoms with van der Waals surface area (Å²) in [7, 11) is 0. The van der Waals surface area contributed by atoms with E-state index in [1.165, 1.54) is 4.90 Å². The van der Waals surface area contributed by atoms with Gasteiger partial charge in [-0.05, 0) is 6.42 Å². The molecule has 13 heavy (non-hydrogen) atoms. The van der Waals surface area contributed by atoms with Crippen molar-refractivity contribution < 1.29 is 19.7 Å². The fourth-order valence-corrected chi connectivity index (χ4v) is 1.34. The molecule has 1 saturated heterocycles. The van der Waals surface area contributed by atoms with E-state index in [9.17, 15) is 9.90 Å². The fourth-order valence-electron chi connectivity index (χ4n) is 1.34. The van der Waals surface area contributed by atoms with Crippen molar-refractivity contribution in [1.82, 2.24) is 4.90 Å². The number of nitrogens with zero attached hydrogens (tertiary/aromatic N) is 1. The van der Waals surface area contributed by atoms with Gasteiger partial charge < -0.3 is 19.8 Å². The Morgan fingerprint density at radius 1 is 1.77 bits per heavy atom. The van der Waals surface area contributed by atoms with Crippen LogP contribution in [0.1, 0.15) is 13.3 Å². The predicted molar refractivity (Wildman–Crippen MR) is 45.6 cm³/mol. The first-order valence-electron chi connectivity index (χ1n) is 4.42. The van der Waals surface area contributed by atoms with Gasteiger partial charge in [-0.1, -0.05) is 6.92 Å². The second kappa shape index (κ2) is 4.43. The number of rotatable bonds is 2. The van der Waals surface area contributed by atoms with Gasteiger partial charge >= 0.3 is 6.09 Å². The maximum atomic E-state index is 10.6. The Balaban J connectivity index is 2.46. The quantitative estimate of drug-likeness (QED) is 0.648. The molecule has 0 aliphatic carbocycles. The van der Waals surface area contributed by atoms with Crippen molar-refractivity contribution >= 4 is 6.09 Å². The Hall–Kier alpha value is -0.810. The van der Waals surface area contributed by atoms with E-state index in [1.54, 1.807) is 0 Å². The Kier molecular flexibility index (Phi) is 3.50. The van der Waals surface area contributed by atoms with E-state index in [-0.39, 0.29) is 12.6 Å². The van der Waals surface area contributed by atoms with Crippen LogP contribution in [0.4, 0.5) is 4.79 Å². The van der Waals surface area contributed by atoms with Crippen LogP contribution in [-0.4, -0.2) is 53.1 Å². The number of carboxylic acid groups (broad SMARTS) is 1. The molecule has 1 aliphatic heterocycles. The van der Waals surface area contributed by atoms with Crippen LogP contribution in [0.3, 0.4) is 0 Å². The highest BCUT2D eigenvalue weighted by atomic mass is 16.5. The number of amides is 1. The van der Waals surface area contributed by atoms with Crippen molar-refractivity contribution in [2.24, 2.45) is 0 Å². The van der Waals surface area contributed by atoms with Crippen LogP contribution >= 0.6 is 0 Å². The van der Waals surface area contributed by atoms with E-state index in [0.29, 0.717) is 19.6 Å². The van der Waals surface area contributed by atoms with Crippen LogP contribution in [0, 0.1) is 0 Å². The third-order valence-electron chi connectivity index (χ3n) is 2.21. The average Bonchev–Trinajstić information content (AvgIpc) is 2.17. The van der Waals surface area contributed by atoms with Crippen molar-refractivity contribution in [3.05, 3.63) is 0 Å². The van der Waals surface area contributed by atoms with Gasteiger partial charge in [-0.25, -0.2) is 4.79 Å². The minimum atomic E-state index is -0.948. The first-order valence-corrected chi connectivity index (χ1v) is 4.42. The summed E-state index contributed by atoms with van der Waals surface area (Å²) in [6.45, 7) is 2.87. The lowest BCUT2D eigenvalue weighted by atomic mass is 10.1. The van der Waals surface area contributed by atoms with Crippen LogP contribution in [0.25, 0.3) is 0 Å². The maximum Gasteiger partial charge on any atom is 0.407 e. The zero-order valence-electron chi connectivity index (χ0n) is 7.64. The van der Waals surface area contributed by atoms with Gasteiger partial charge in [0.05, 0.1) is 19.3 Å². The molecule has 2 atom stereocenters. The van der Waals surface area contributed by atoms with Gasteiger partial charge in [-0.2, -0.15) is 0 Å². The summed E-state index contributed by atoms with van der Waals surface area (Å²) in [5.74, 6) is 0. The highest BCUT2D eigenvalue weighted by molar-refractivity contribution is 5.65. The molecule has 5 nitrogen and oxygen atoms in total. The number of carbonyl (C=O) groups is 1. The number of ether oxygens (including phenoxy) is 1. The highest BCUT2D eigenvalue weighted by Gasteiger charge is 2.27. The van der Waals surface area contributed by atoms with Crippen molar-refractivity contribution in [2.75, 3.05) is 19.7 Å². The molecule has 0 spiro atoms. The normalized spacial score (nSPS) is 25.7. The summed E-state index contributed by atoms with van der Waals surface area (Å²) in [6, 6.07) is 0. The van der Waals surface area contributed by atoms with Crippen LogP contribution < -0.4 is 0 Å². The third-order valence-corrected chi connectivity index (χ3v) is 2.21. The minimum absolute atomic E-state index is 0.268. The molecule has 1 rings (SSSR count). The SMILES string of the molecule is CC[C@@H](O)C1CN(C(=O)O)CCO1. The lowest BCUT2D eigenvalue weighted by Crippen LogP contribution is -2.49. The molecular weight excluding hydrogens is 174 g/mol. The Morgan fingerprint density at radius 2 is 2.46 bits per heavy atom. The summed E-state index contributed by atoms with van der Waals surface area (Å²) >= 11 is 0. The molecule has 76 valence electrons. The second-order valence-electron chi connectivity index (χ2n) is 3.11. The smallest absolute Gasteiger partial charge is 0.407 e. The standard InChI is InChI=1S/C8H15NO4/c1-2-6(10)7-5-9(8(11)12)3-4-13-7/h6-7,10H,2-5H2,1H3,(H,11,12)/t6-,7?/m1/s1. The molecule has 1 amide bonds. The molecule has 0 aromatic carbocycles. The zero-order chi connectivity index (χ0) is 9.84. The van der Waals surface area contributed by atoms with E-state index in [0.717, 1.165) is 0 Å². The van der Waals surface area contributed by atoms with Gasteiger partial charge in [0.1, 0.15) is 6.10 Å². The molecule has 0 aromatic rings. The topological polar surface area (TPSA) is 70.0 Å².